The average molecular weight is 200 g/mol. The minimum Gasteiger partial charge on any atom is -0.376 e. The van der Waals surface area contributed by atoms with Gasteiger partial charge in [0.2, 0.25) is 0 Å². The summed E-state index contributed by atoms with van der Waals surface area (Å²) in [6.45, 7) is 6.29. The fourth-order valence-electron chi connectivity index (χ4n) is 0.972. The number of hydrogen-bond acceptors (Lipinski definition) is 3. The zero-order valence-corrected chi connectivity index (χ0v) is 9.12. The lowest BCUT2D eigenvalue weighted by Crippen LogP contribution is -2.23. The molecule has 14 heavy (non-hydrogen) atoms. The smallest absolute Gasteiger partial charge is 0.180 e. The van der Waals surface area contributed by atoms with Crippen LogP contribution in [-0.4, -0.2) is 32.7 Å². The monoisotopic (exact) mass is 200 g/mol. The molecule has 0 atom stereocenters. The maximum Gasteiger partial charge on any atom is 0.180 e. The van der Waals surface area contributed by atoms with Crippen molar-refractivity contribution in [1.29, 1.82) is 0 Å². The van der Waals surface area contributed by atoms with Crippen LogP contribution in [0.5, 0.6) is 0 Å². The van der Waals surface area contributed by atoms with Gasteiger partial charge in [-0.15, -0.1) is 12.3 Å². The maximum absolute atomic E-state index is 5.36. The first-order chi connectivity index (χ1) is 6.85. The molecule has 0 spiro atoms. The van der Waals surface area contributed by atoms with E-state index in [9.17, 15) is 0 Å². The molecule has 0 aromatic heterocycles. The molecule has 0 saturated carbocycles. The van der Waals surface area contributed by atoms with Crippen molar-refractivity contribution in [2.75, 3.05) is 26.4 Å². The molecule has 0 rings (SSSR count). The van der Waals surface area contributed by atoms with Crippen LogP contribution >= 0.6 is 0 Å². The molecule has 0 aromatic rings. The molecule has 0 unspecified atom stereocenters. The third kappa shape index (κ3) is 8.06. The minimum atomic E-state index is -0.240. The Labute approximate surface area is 86.7 Å². The Hall–Kier alpha value is -0.560. The topological polar surface area (TPSA) is 27.7 Å². The van der Waals surface area contributed by atoms with Crippen LogP contribution in [0.15, 0.2) is 0 Å². The Kier molecular flexibility index (Phi) is 10.1. The summed E-state index contributed by atoms with van der Waals surface area (Å²) in [6, 6.07) is 0. The van der Waals surface area contributed by atoms with Gasteiger partial charge in [0.1, 0.15) is 0 Å². The molecule has 3 heteroatoms. The van der Waals surface area contributed by atoms with Crippen molar-refractivity contribution >= 4 is 0 Å². The van der Waals surface area contributed by atoms with Crippen LogP contribution in [0.25, 0.3) is 0 Å². The number of hydrogen-bond donors (Lipinski definition) is 0. The van der Waals surface area contributed by atoms with Gasteiger partial charge in [-0.05, 0) is 20.3 Å². The summed E-state index contributed by atoms with van der Waals surface area (Å²) in [5, 5.41) is 0. The summed E-state index contributed by atoms with van der Waals surface area (Å²) < 4.78 is 16.0. The molecule has 3 nitrogen and oxygen atoms in total. The highest BCUT2D eigenvalue weighted by atomic mass is 16.7. The Morgan fingerprint density at radius 1 is 1.21 bits per heavy atom. The van der Waals surface area contributed by atoms with Crippen molar-refractivity contribution in [3.63, 3.8) is 0 Å². The molecule has 0 N–H and O–H groups in total. The molecule has 82 valence electrons. The highest BCUT2D eigenvalue weighted by Crippen LogP contribution is 1.97. The van der Waals surface area contributed by atoms with Crippen molar-refractivity contribution in [3.05, 3.63) is 0 Å². The van der Waals surface area contributed by atoms with E-state index in [0.717, 1.165) is 12.8 Å². The van der Waals surface area contributed by atoms with Crippen molar-refractivity contribution < 1.29 is 14.2 Å². The standard InChI is InChI=1S/C11H20O3/c1-4-7-8-9-12-10-11(13-5-2)14-6-3/h1,11H,5-10H2,2-3H3. The highest BCUT2D eigenvalue weighted by Gasteiger charge is 2.06. The van der Waals surface area contributed by atoms with E-state index < -0.39 is 0 Å². The molecule has 0 bridgehead atoms. The third-order valence-corrected chi connectivity index (χ3v) is 1.57. The van der Waals surface area contributed by atoms with Gasteiger partial charge in [-0.25, -0.2) is 0 Å². The Morgan fingerprint density at radius 2 is 1.86 bits per heavy atom. The van der Waals surface area contributed by atoms with Crippen LogP contribution in [0.3, 0.4) is 0 Å². The van der Waals surface area contributed by atoms with Crippen molar-refractivity contribution in [2.24, 2.45) is 0 Å². The minimum absolute atomic E-state index is 0.240. The normalized spacial score (nSPS) is 10.4. The van der Waals surface area contributed by atoms with Crippen molar-refractivity contribution in [1.82, 2.24) is 0 Å². The van der Waals surface area contributed by atoms with E-state index in [2.05, 4.69) is 5.92 Å². The van der Waals surface area contributed by atoms with Gasteiger partial charge in [-0.2, -0.15) is 0 Å². The fraction of sp³-hybridized carbons (Fsp3) is 0.818. The largest absolute Gasteiger partial charge is 0.376 e. The quantitative estimate of drug-likeness (QED) is 0.323. The van der Waals surface area contributed by atoms with Gasteiger partial charge in [-0.1, -0.05) is 0 Å². The van der Waals surface area contributed by atoms with Crippen LogP contribution in [0.2, 0.25) is 0 Å². The van der Waals surface area contributed by atoms with Crippen molar-refractivity contribution in [3.8, 4) is 12.3 Å². The van der Waals surface area contributed by atoms with Crippen LogP contribution in [0.1, 0.15) is 26.7 Å². The lowest BCUT2D eigenvalue weighted by atomic mass is 10.3. The zero-order valence-electron chi connectivity index (χ0n) is 9.12. The van der Waals surface area contributed by atoms with Crippen molar-refractivity contribution in [2.45, 2.75) is 33.0 Å². The van der Waals surface area contributed by atoms with E-state index in [1.807, 2.05) is 13.8 Å². The number of ether oxygens (including phenoxy) is 3. The second-order valence-electron chi connectivity index (χ2n) is 2.72. The molecule has 0 aliphatic heterocycles. The Balaban J connectivity index is 3.36. The van der Waals surface area contributed by atoms with Crippen LogP contribution in [0, 0.1) is 12.3 Å². The lowest BCUT2D eigenvalue weighted by Gasteiger charge is -2.16. The van der Waals surface area contributed by atoms with Gasteiger partial charge in [0.25, 0.3) is 0 Å². The summed E-state index contributed by atoms with van der Waals surface area (Å²) in [7, 11) is 0. The lowest BCUT2D eigenvalue weighted by molar-refractivity contribution is -0.167. The second kappa shape index (κ2) is 10.5. The molecule has 0 amide bonds. The Bertz CT molecular complexity index is 145. The summed E-state index contributed by atoms with van der Waals surface area (Å²) >= 11 is 0. The van der Waals surface area contributed by atoms with Gasteiger partial charge in [-0.3, -0.25) is 0 Å². The van der Waals surface area contributed by atoms with Crippen LogP contribution in [0.4, 0.5) is 0 Å². The second-order valence-corrected chi connectivity index (χ2v) is 2.72. The number of terminal acetylenes is 1. The average Bonchev–Trinajstić information content (AvgIpc) is 2.18. The van der Waals surface area contributed by atoms with Gasteiger partial charge < -0.3 is 14.2 Å². The van der Waals surface area contributed by atoms with E-state index >= 15 is 0 Å². The van der Waals surface area contributed by atoms with E-state index in [0.29, 0.717) is 26.4 Å². The first-order valence-corrected chi connectivity index (χ1v) is 5.09. The van der Waals surface area contributed by atoms with Gasteiger partial charge in [0.15, 0.2) is 6.29 Å². The van der Waals surface area contributed by atoms with Gasteiger partial charge >= 0.3 is 0 Å². The molecule has 0 aromatic carbocycles. The molecular weight excluding hydrogens is 180 g/mol. The third-order valence-electron chi connectivity index (χ3n) is 1.57. The van der Waals surface area contributed by atoms with E-state index in [4.69, 9.17) is 20.6 Å². The zero-order chi connectivity index (χ0) is 10.6. The molecular formula is C11H20O3. The fourth-order valence-corrected chi connectivity index (χ4v) is 0.972. The maximum atomic E-state index is 5.36. The number of rotatable bonds is 9. The van der Waals surface area contributed by atoms with Gasteiger partial charge in [0, 0.05) is 26.2 Å². The summed E-state index contributed by atoms with van der Waals surface area (Å²) in [5.74, 6) is 2.56. The number of unbranched alkanes of at least 4 members (excludes halogenated alkanes) is 1. The molecule has 0 radical (unpaired) electrons. The van der Waals surface area contributed by atoms with E-state index in [1.54, 1.807) is 0 Å². The highest BCUT2D eigenvalue weighted by molar-refractivity contribution is 4.82. The summed E-state index contributed by atoms with van der Waals surface area (Å²) in [5.41, 5.74) is 0. The summed E-state index contributed by atoms with van der Waals surface area (Å²) in [4.78, 5) is 0. The van der Waals surface area contributed by atoms with E-state index in [1.165, 1.54) is 0 Å². The predicted octanol–water partition coefficient (Wildman–Crippen LogP) is 1.82. The Morgan fingerprint density at radius 3 is 2.36 bits per heavy atom. The molecule has 0 saturated heterocycles. The molecule has 0 heterocycles. The summed E-state index contributed by atoms with van der Waals surface area (Å²) in [6.07, 6.45) is 6.52. The SMILES string of the molecule is C#CCCCOCC(OCC)OCC. The van der Waals surface area contributed by atoms with E-state index in [-0.39, 0.29) is 6.29 Å². The molecule has 0 fully saturated rings. The van der Waals surface area contributed by atoms with Crippen LogP contribution in [-0.2, 0) is 14.2 Å². The first-order valence-electron chi connectivity index (χ1n) is 5.09. The predicted molar refractivity (Wildman–Crippen MR) is 55.9 cm³/mol. The molecule has 0 aliphatic rings. The molecule has 0 aliphatic carbocycles. The van der Waals surface area contributed by atoms with Gasteiger partial charge in [0.05, 0.1) is 6.61 Å². The van der Waals surface area contributed by atoms with Crippen LogP contribution < -0.4 is 0 Å². The first kappa shape index (κ1) is 13.4.